The van der Waals surface area contributed by atoms with Gasteiger partial charge in [-0.15, -0.1) is 5.10 Å². The van der Waals surface area contributed by atoms with Gasteiger partial charge >= 0.3 is 0 Å². The third-order valence-corrected chi connectivity index (χ3v) is 5.70. The van der Waals surface area contributed by atoms with Crippen LogP contribution in [-0.4, -0.2) is 34.7 Å². The molecule has 0 spiro atoms. The summed E-state index contributed by atoms with van der Waals surface area (Å²) in [7, 11) is 0. The van der Waals surface area contributed by atoms with Crippen molar-refractivity contribution in [3.05, 3.63) is 88.1 Å². The Morgan fingerprint density at radius 2 is 2.03 bits per heavy atom. The third kappa shape index (κ3) is 3.01. The van der Waals surface area contributed by atoms with Gasteiger partial charge in [-0.3, -0.25) is 4.57 Å². The van der Waals surface area contributed by atoms with E-state index in [1.165, 1.54) is 12.1 Å². The van der Waals surface area contributed by atoms with Crippen LogP contribution in [0.3, 0.4) is 0 Å². The molecule has 32 heavy (non-hydrogen) atoms. The van der Waals surface area contributed by atoms with Crippen molar-refractivity contribution in [2.75, 3.05) is 0 Å². The van der Waals surface area contributed by atoms with Gasteiger partial charge in [-0.2, -0.15) is 4.98 Å². The van der Waals surface area contributed by atoms with E-state index < -0.39 is 0 Å². The van der Waals surface area contributed by atoms with Crippen LogP contribution in [0.1, 0.15) is 28.5 Å². The first-order chi connectivity index (χ1) is 15.6. The van der Waals surface area contributed by atoms with Gasteiger partial charge in [0.15, 0.2) is 11.5 Å². The monoisotopic (exact) mass is 447 g/mol. The summed E-state index contributed by atoms with van der Waals surface area (Å²) in [6.45, 7) is 1.76. The second-order valence-electron chi connectivity index (χ2n) is 7.57. The van der Waals surface area contributed by atoms with Gasteiger partial charge < -0.3 is 4.52 Å². The van der Waals surface area contributed by atoms with Gasteiger partial charge in [-0.05, 0) is 42.8 Å². The first kappa shape index (κ1) is 18.9. The summed E-state index contributed by atoms with van der Waals surface area (Å²) in [5.41, 5.74) is 5.48. The van der Waals surface area contributed by atoms with Gasteiger partial charge in [0.05, 0.1) is 28.5 Å². The lowest BCUT2D eigenvalue weighted by Crippen LogP contribution is -2.04. The van der Waals surface area contributed by atoms with Crippen LogP contribution in [0.4, 0.5) is 4.39 Å². The number of hydrogen-bond donors (Lipinski definition) is 0. The molecule has 0 amide bonds. The fourth-order valence-electron chi connectivity index (χ4n) is 4.03. The van der Waals surface area contributed by atoms with Gasteiger partial charge in [-0.25, -0.2) is 14.1 Å². The Labute approximate surface area is 186 Å². The van der Waals surface area contributed by atoms with Crippen LogP contribution in [0.25, 0.3) is 23.0 Å². The zero-order valence-electron chi connectivity index (χ0n) is 16.8. The molecule has 0 atom stereocenters. The number of fused-ring (bicyclic) bond motifs is 5. The van der Waals surface area contributed by atoms with Crippen molar-refractivity contribution in [1.29, 1.82) is 0 Å². The van der Waals surface area contributed by atoms with E-state index >= 15 is 0 Å². The fraction of sp³-hybridized carbons (Fsp3) is 0.136. The maximum Gasteiger partial charge on any atom is 0.278 e. The Morgan fingerprint density at radius 1 is 1.12 bits per heavy atom. The molecule has 158 valence electrons. The van der Waals surface area contributed by atoms with Gasteiger partial charge in [0.2, 0.25) is 0 Å². The lowest BCUT2D eigenvalue weighted by atomic mass is 10.1. The summed E-state index contributed by atoms with van der Waals surface area (Å²) in [5, 5.41) is 13.3. The molecule has 0 fully saturated rings. The van der Waals surface area contributed by atoms with Crippen molar-refractivity contribution in [3.63, 3.8) is 0 Å². The lowest BCUT2D eigenvalue weighted by molar-refractivity contribution is 0.424. The Kier molecular flexibility index (Phi) is 4.19. The second-order valence-corrected chi connectivity index (χ2v) is 8.00. The maximum absolute atomic E-state index is 13.7. The van der Waals surface area contributed by atoms with E-state index in [0.717, 1.165) is 34.0 Å². The highest BCUT2D eigenvalue weighted by Gasteiger charge is 2.28. The SMILES string of the molecule is Cc1noc(-c2ncn3c2Cc2c(Cc4cccc(F)c4)nnn2-c2cc(Cl)ccc2-3)n1. The predicted molar refractivity (Wildman–Crippen MR) is 114 cm³/mol. The molecule has 1 aliphatic rings. The van der Waals surface area contributed by atoms with Gasteiger partial charge in [0.25, 0.3) is 5.89 Å². The van der Waals surface area contributed by atoms with Gasteiger partial charge in [-0.1, -0.05) is 34.1 Å². The second kappa shape index (κ2) is 7.10. The van der Waals surface area contributed by atoms with Crippen LogP contribution >= 0.6 is 11.6 Å². The average Bonchev–Trinajstić information content (AvgIpc) is 3.46. The number of aromatic nitrogens is 7. The highest BCUT2D eigenvalue weighted by atomic mass is 35.5. The molecule has 10 heteroatoms. The summed E-state index contributed by atoms with van der Waals surface area (Å²) < 4.78 is 22.9. The molecule has 0 saturated carbocycles. The zero-order chi connectivity index (χ0) is 21.8. The first-order valence-corrected chi connectivity index (χ1v) is 10.3. The maximum atomic E-state index is 13.7. The minimum Gasteiger partial charge on any atom is -0.332 e. The van der Waals surface area contributed by atoms with Gasteiger partial charge in [0.1, 0.15) is 12.1 Å². The number of halogens is 2. The normalized spacial score (nSPS) is 12.2. The van der Waals surface area contributed by atoms with Crippen LogP contribution in [-0.2, 0) is 12.8 Å². The Morgan fingerprint density at radius 3 is 2.84 bits per heavy atom. The third-order valence-electron chi connectivity index (χ3n) is 5.46. The van der Waals surface area contributed by atoms with Crippen molar-refractivity contribution >= 4 is 11.6 Å². The standard InChI is InChI=1S/C22H15ClFN7O/c1-12-26-22(32-28-12)21-20-10-18-16(8-13-3-2-4-15(24)7-13)27-29-31(18)19-9-14(23)5-6-17(19)30(20)11-25-21/h2-7,9,11H,8,10H2,1H3. The van der Waals surface area contributed by atoms with E-state index in [4.69, 9.17) is 16.1 Å². The van der Waals surface area contributed by atoms with Crippen LogP contribution in [0.5, 0.6) is 0 Å². The van der Waals surface area contributed by atoms with E-state index in [0.29, 0.717) is 35.3 Å². The molecule has 3 aromatic heterocycles. The molecule has 0 bridgehead atoms. The quantitative estimate of drug-likeness (QED) is 0.406. The van der Waals surface area contributed by atoms with Crippen LogP contribution in [0.2, 0.25) is 5.02 Å². The first-order valence-electron chi connectivity index (χ1n) is 9.92. The van der Waals surface area contributed by atoms with E-state index in [1.54, 1.807) is 24.0 Å². The van der Waals surface area contributed by atoms with Crippen molar-refractivity contribution in [2.45, 2.75) is 19.8 Å². The predicted octanol–water partition coefficient (Wildman–Crippen LogP) is 4.10. The smallest absolute Gasteiger partial charge is 0.278 e. The molecule has 0 N–H and O–H groups in total. The number of imidazole rings is 1. The molecular formula is C22H15ClFN7O. The molecule has 0 radical (unpaired) electrons. The summed E-state index contributed by atoms with van der Waals surface area (Å²) in [4.78, 5) is 8.91. The highest BCUT2D eigenvalue weighted by molar-refractivity contribution is 6.30. The Bertz CT molecular complexity index is 1490. The zero-order valence-corrected chi connectivity index (χ0v) is 17.6. The average molecular weight is 448 g/mol. The Balaban J connectivity index is 1.55. The minimum absolute atomic E-state index is 0.287. The molecule has 1 aliphatic heterocycles. The number of nitrogens with zero attached hydrogens (tertiary/aromatic N) is 7. The minimum atomic E-state index is -0.287. The van der Waals surface area contributed by atoms with Crippen LogP contribution in [0.15, 0.2) is 53.3 Å². The molecule has 4 heterocycles. The molecule has 0 aliphatic carbocycles. The van der Waals surface area contributed by atoms with E-state index in [2.05, 4.69) is 25.4 Å². The fourth-order valence-corrected chi connectivity index (χ4v) is 4.20. The van der Waals surface area contributed by atoms with Gasteiger partial charge in [0, 0.05) is 17.9 Å². The topological polar surface area (TPSA) is 87.5 Å². The Hall–Kier alpha value is -3.85. The number of hydrogen-bond acceptors (Lipinski definition) is 6. The van der Waals surface area contributed by atoms with Crippen molar-refractivity contribution in [2.24, 2.45) is 0 Å². The van der Waals surface area contributed by atoms with E-state index in [9.17, 15) is 4.39 Å². The van der Waals surface area contributed by atoms with Crippen LogP contribution < -0.4 is 0 Å². The van der Waals surface area contributed by atoms with Crippen molar-refractivity contribution < 1.29 is 8.91 Å². The molecule has 6 rings (SSSR count). The lowest BCUT2D eigenvalue weighted by Gasteiger charge is -2.09. The molecule has 5 aromatic rings. The van der Waals surface area contributed by atoms with E-state index in [1.807, 2.05) is 28.8 Å². The summed E-state index contributed by atoms with van der Waals surface area (Å²) >= 11 is 6.32. The summed E-state index contributed by atoms with van der Waals surface area (Å²) in [6, 6.07) is 12.0. The molecular weight excluding hydrogens is 433 g/mol. The van der Waals surface area contributed by atoms with E-state index in [-0.39, 0.29) is 5.82 Å². The summed E-state index contributed by atoms with van der Waals surface area (Å²) in [6.07, 6.45) is 2.62. The molecule has 0 unspecified atom stereocenters. The van der Waals surface area contributed by atoms with Crippen LogP contribution in [0, 0.1) is 12.7 Å². The number of aryl methyl sites for hydroxylation is 1. The molecule has 8 nitrogen and oxygen atoms in total. The van der Waals surface area contributed by atoms with Crippen molar-refractivity contribution in [1.82, 2.24) is 34.7 Å². The number of benzene rings is 2. The molecule has 2 aromatic carbocycles. The summed E-state index contributed by atoms with van der Waals surface area (Å²) in [5.74, 6) is 0.588. The highest BCUT2D eigenvalue weighted by Crippen LogP contribution is 2.34. The van der Waals surface area contributed by atoms with Crippen molar-refractivity contribution in [3.8, 4) is 23.0 Å². The molecule has 0 saturated heterocycles. The largest absolute Gasteiger partial charge is 0.332 e. The number of rotatable bonds is 3.